The molecule has 0 saturated carbocycles. The van der Waals surface area contributed by atoms with Crippen molar-refractivity contribution >= 4 is 25.7 Å². The van der Waals surface area contributed by atoms with Crippen molar-refractivity contribution in [3.05, 3.63) is 24.3 Å². The average molecular weight is 307 g/mol. The number of ether oxygens (including phenoxy) is 2. The van der Waals surface area contributed by atoms with Crippen molar-refractivity contribution in [2.75, 3.05) is 6.61 Å². The van der Waals surface area contributed by atoms with E-state index in [1.54, 1.807) is 13.0 Å². The lowest BCUT2D eigenvalue weighted by Gasteiger charge is -2.24. The summed E-state index contributed by atoms with van der Waals surface area (Å²) in [5, 5.41) is 0. The minimum Gasteiger partial charge on any atom is -0.475 e. The molecule has 0 N–H and O–H groups in total. The monoisotopic (exact) mass is 306 g/mol. The first-order valence-electron chi connectivity index (χ1n) is 5.58. The molecule has 0 aliphatic carbocycles. The second-order valence-corrected chi connectivity index (χ2v) is 6.75. The van der Waals surface area contributed by atoms with Crippen molar-refractivity contribution in [1.82, 2.24) is 0 Å². The summed E-state index contributed by atoms with van der Waals surface area (Å²) in [6.45, 7) is 4.86. The van der Waals surface area contributed by atoms with E-state index in [0.29, 0.717) is 0 Å². The second-order valence-electron chi connectivity index (χ2n) is 4.22. The number of hydrogen-bond acceptors (Lipinski definition) is 5. The lowest BCUT2D eigenvalue weighted by Crippen LogP contribution is -2.40. The molecule has 19 heavy (non-hydrogen) atoms. The van der Waals surface area contributed by atoms with Gasteiger partial charge in [0.15, 0.2) is 5.60 Å². The molecule has 0 radical (unpaired) electrons. The predicted molar refractivity (Wildman–Crippen MR) is 70.8 cm³/mol. The Labute approximate surface area is 116 Å². The number of carbonyl (C=O) groups excluding carboxylic acids is 1. The summed E-state index contributed by atoms with van der Waals surface area (Å²) in [5.41, 5.74) is -1.31. The van der Waals surface area contributed by atoms with Crippen LogP contribution in [0.25, 0.3) is 0 Å². The van der Waals surface area contributed by atoms with E-state index in [-0.39, 0.29) is 17.3 Å². The zero-order chi connectivity index (χ0) is 14.7. The Hall–Kier alpha value is -1.27. The van der Waals surface area contributed by atoms with E-state index in [4.69, 9.17) is 20.2 Å². The van der Waals surface area contributed by atoms with Gasteiger partial charge in [-0.05, 0) is 32.9 Å². The molecule has 0 saturated heterocycles. The number of para-hydroxylation sites is 1. The van der Waals surface area contributed by atoms with Crippen LogP contribution in [0.5, 0.6) is 5.75 Å². The van der Waals surface area contributed by atoms with Crippen molar-refractivity contribution in [2.45, 2.75) is 31.3 Å². The van der Waals surface area contributed by atoms with Gasteiger partial charge in [0.1, 0.15) is 10.6 Å². The zero-order valence-electron chi connectivity index (χ0n) is 10.8. The molecule has 0 aliphatic rings. The van der Waals surface area contributed by atoms with Gasteiger partial charge < -0.3 is 9.47 Å². The van der Waals surface area contributed by atoms with E-state index in [1.165, 1.54) is 32.0 Å². The van der Waals surface area contributed by atoms with E-state index in [9.17, 15) is 13.2 Å². The maximum absolute atomic E-state index is 11.7. The highest BCUT2D eigenvalue weighted by atomic mass is 35.7. The highest BCUT2D eigenvalue weighted by molar-refractivity contribution is 8.13. The van der Waals surface area contributed by atoms with Crippen molar-refractivity contribution in [1.29, 1.82) is 0 Å². The number of hydrogen-bond donors (Lipinski definition) is 0. The van der Waals surface area contributed by atoms with Gasteiger partial charge in [0.05, 0.1) is 6.61 Å². The summed E-state index contributed by atoms with van der Waals surface area (Å²) in [6.07, 6.45) is 0. The first-order chi connectivity index (χ1) is 8.68. The molecule has 0 unspecified atom stereocenters. The molecule has 1 aromatic carbocycles. The van der Waals surface area contributed by atoms with Gasteiger partial charge in [0.25, 0.3) is 9.05 Å². The minimum atomic E-state index is -3.95. The van der Waals surface area contributed by atoms with Crippen LogP contribution >= 0.6 is 10.7 Å². The highest BCUT2D eigenvalue weighted by Gasteiger charge is 2.33. The van der Waals surface area contributed by atoms with Gasteiger partial charge in [-0.25, -0.2) is 13.2 Å². The normalized spacial score (nSPS) is 12.0. The third-order valence-corrected chi connectivity index (χ3v) is 3.61. The topological polar surface area (TPSA) is 69.7 Å². The minimum absolute atomic E-state index is 0.00977. The molecule has 0 aliphatic heterocycles. The summed E-state index contributed by atoms with van der Waals surface area (Å²) in [6, 6.07) is 5.83. The van der Waals surface area contributed by atoms with Gasteiger partial charge in [-0.1, -0.05) is 12.1 Å². The maximum Gasteiger partial charge on any atom is 0.349 e. The molecule has 0 fully saturated rings. The SMILES string of the molecule is CCOC(=O)C(C)(C)Oc1ccccc1S(=O)(=O)Cl. The van der Waals surface area contributed by atoms with Crippen LogP contribution in [0.4, 0.5) is 0 Å². The van der Waals surface area contributed by atoms with E-state index in [0.717, 1.165) is 0 Å². The summed E-state index contributed by atoms with van der Waals surface area (Å²) < 4.78 is 33.1. The first kappa shape index (κ1) is 15.8. The van der Waals surface area contributed by atoms with Gasteiger partial charge in [-0.2, -0.15) is 0 Å². The molecule has 0 aromatic heterocycles. The third kappa shape index (κ3) is 4.11. The Morgan fingerprint density at radius 2 is 1.89 bits per heavy atom. The second kappa shape index (κ2) is 5.79. The van der Waals surface area contributed by atoms with Crippen LogP contribution in [-0.4, -0.2) is 26.6 Å². The van der Waals surface area contributed by atoms with Gasteiger partial charge in [-0.3, -0.25) is 0 Å². The van der Waals surface area contributed by atoms with E-state index in [2.05, 4.69) is 0 Å². The quantitative estimate of drug-likeness (QED) is 0.617. The van der Waals surface area contributed by atoms with Gasteiger partial charge in [0, 0.05) is 10.7 Å². The van der Waals surface area contributed by atoms with Crippen LogP contribution in [0.15, 0.2) is 29.2 Å². The molecular formula is C12H15ClO5S. The Morgan fingerprint density at radius 1 is 1.32 bits per heavy atom. The molecule has 0 heterocycles. The Morgan fingerprint density at radius 3 is 2.42 bits per heavy atom. The Kier molecular flexibility index (Phi) is 4.81. The Balaban J connectivity index is 3.10. The lowest BCUT2D eigenvalue weighted by atomic mass is 10.1. The highest BCUT2D eigenvalue weighted by Crippen LogP contribution is 2.29. The summed E-state index contributed by atoms with van der Waals surface area (Å²) in [4.78, 5) is 11.5. The fraction of sp³-hybridized carbons (Fsp3) is 0.417. The van der Waals surface area contributed by atoms with Gasteiger partial charge in [0.2, 0.25) is 0 Å². The van der Waals surface area contributed by atoms with Crippen molar-refractivity contribution in [3.63, 3.8) is 0 Å². The number of carbonyl (C=O) groups is 1. The third-order valence-electron chi connectivity index (χ3n) is 2.24. The molecule has 0 atom stereocenters. The van der Waals surface area contributed by atoms with Gasteiger partial charge >= 0.3 is 5.97 Å². The van der Waals surface area contributed by atoms with Crippen molar-refractivity contribution in [2.24, 2.45) is 0 Å². The van der Waals surface area contributed by atoms with Crippen LogP contribution in [0.2, 0.25) is 0 Å². The van der Waals surface area contributed by atoms with Crippen LogP contribution in [0, 0.1) is 0 Å². The number of rotatable bonds is 5. The standard InChI is InChI=1S/C12H15ClO5S/c1-4-17-11(14)12(2,3)18-9-7-5-6-8-10(9)19(13,15)16/h5-8H,4H2,1-3H3. The maximum atomic E-state index is 11.7. The lowest BCUT2D eigenvalue weighted by molar-refractivity contribution is -0.158. The smallest absolute Gasteiger partial charge is 0.349 e. The molecule has 7 heteroatoms. The summed E-state index contributed by atoms with van der Waals surface area (Å²) in [7, 11) is 1.36. The number of halogens is 1. The zero-order valence-corrected chi connectivity index (χ0v) is 12.4. The summed E-state index contributed by atoms with van der Waals surface area (Å²) in [5.74, 6) is -0.577. The fourth-order valence-corrected chi connectivity index (χ4v) is 2.33. The van der Waals surface area contributed by atoms with Crippen molar-refractivity contribution in [3.8, 4) is 5.75 Å². The van der Waals surface area contributed by atoms with Gasteiger partial charge in [-0.15, -0.1) is 0 Å². The fourth-order valence-electron chi connectivity index (χ4n) is 1.36. The number of esters is 1. The molecule has 0 bridgehead atoms. The van der Waals surface area contributed by atoms with E-state index in [1.807, 2.05) is 0 Å². The molecular weight excluding hydrogens is 292 g/mol. The number of benzene rings is 1. The van der Waals surface area contributed by atoms with Crippen molar-refractivity contribution < 1.29 is 22.7 Å². The van der Waals surface area contributed by atoms with E-state index < -0.39 is 20.6 Å². The first-order valence-corrected chi connectivity index (χ1v) is 7.89. The molecule has 5 nitrogen and oxygen atoms in total. The van der Waals surface area contributed by atoms with Crippen LogP contribution < -0.4 is 4.74 Å². The van der Waals surface area contributed by atoms with Crippen LogP contribution in [0.3, 0.4) is 0 Å². The predicted octanol–water partition coefficient (Wildman–Crippen LogP) is 2.33. The molecule has 1 aromatic rings. The summed E-state index contributed by atoms with van der Waals surface area (Å²) >= 11 is 0. The Bertz CT molecular complexity index is 565. The largest absolute Gasteiger partial charge is 0.475 e. The van der Waals surface area contributed by atoms with Crippen LogP contribution in [-0.2, 0) is 18.6 Å². The van der Waals surface area contributed by atoms with E-state index >= 15 is 0 Å². The van der Waals surface area contributed by atoms with Crippen LogP contribution in [0.1, 0.15) is 20.8 Å². The average Bonchev–Trinajstić information content (AvgIpc) is 2.28. The molecule has 106 valence electrons. The molecule has 1 rings (SSSR count). The molecule has 0 amide bonds. The molecule has 0 spiro atoms.